The van der Waals surface area contributed by atoms with E-state index in [-0.39, 0.29) is 17.2 Å². The minimum atomic E-state index is -4.77. The summed E-state index contributed by atoms with van der Waals surface area (Å²) in [6.07, 6.45) is -2.31. The smallest absolute Gasteiger partial charge is 0.496 e. The Morgan fingerprint density at radius 3 is 2.00 bits per heavy atom. The SMILES string of the molecule is COc1cc(OC)c(C2=CCN(C(=O)c3ccc(OC(F)(F)F)cc3)CC2)c(OC)c1. The lowest BCUT2D eigenvalue weighted by molar-refractivity contribution is -0.274. The van der Waals surface area contributed by atoms with E-state index in [1.807, 2.05) is 6.08 Å². The van der Waals surface area contributed by atoms with Crippen LogP contribution in [-0.2, 0) is 0 Å². The number of amides is 1. The maximum Gasteiger partial charge on any atom is 0.573 e. The van der Waals surface area contributed by atoms with Crippen molar-refractivity contribution >= 4 is 11.5 Å². The first-order valence-electron chi connectivity index (χ1n) is 9.40. The summed E-state index contributed by atoms with van der Waals surface area (Å²) in [4.78, 5) is 14.4. The Kier molecular flexibility index (Phi) is 6.62. The Balaban J connectivity index is 1.76. The third kappa shape index (κ3) is 5.22. The topological polar surface area (TPSA) is 57.2 Å². The summed E-state index contributed by atoms with van der Waals surface area (Å²) in [6.45, 7) is 0.775. The first-order valence-corrected chi connectivity index (χ1v) is 9.40. The number of rotatable bonds is 6. The van der Waals surface area contributed by atoms with E-state index in [2.05, 4.69) is 4.74 Å². The first-order chi connectivity index (χ1) is 14.8. The quantitative estimate of drug-likeness (QED) is 0.664. The van der Waals surface area contributed by atoms with Gasteiger partial charge in [-0.1, -0.05) is 6.08 Å². The van der Waals surface area contributed by atoms with E-state index in [0.29, 0.717) is 36.8 Å². The summed E-state index contributed by atoms with van der Waals surface area (Å²) in [6, 6.07) is 8.41. The van der Waals surface area contributed by atoms with Gasteiger partial charge in [-0.2, -0.15) is 0 Å². The molecule has 0 N–H and O–H groups in total. The summed E-state index contributed by atoms with van der Waals surface area (Å²) in [5.74, 6) is 1.15. The van der Waals surface area contributed by atoms with E-state index in [1.54, 1.807) is 38.4 Å². The van der Waals surface area contributed by atoms with Crippen LogP contribution in [0.25, 0.3) is 5.57 Å². The average Bonchev–Trinajstić information content (AvgIpc) is 2.77. The summed E-state index contributed by atoms with van der Waals surface area (Å²) in [5.41, 5.74) is 2.05. The van der Waals surface area contributed by atoms with Crippen LogP contribution in [0, 0.1) is 0 Å². The van der Waals surface area contributed by atoms with Gasteiger partial charge in [-0.3, -0.25) is 4.79 Å². The fraction of sp³-hybridized carbons (Fsp3) is 0.318. The number of hydrogen-bond donors (Lipinski definition) is 0. The van der Waals surface area contributed by atoms with E-state index in [1.165, 1.54) is 12.1 Å². The highest BCUT2D eigenvalue weighted by molar-refractivity contribution is 5.95. The monoisotopic (exact) mass is 437 g/mol. The van der Waals surface area contributed by atoms with Crippen LogP contribution in [0.4, 0.5) is 13.2 Å². The van der Waals surface area contributed by atoms with E-state index < -0.39 is 6.36 Å². The third-order valence-corrected chi connectivity index (χ3v) is 4.87. The third-order valence-electron chi connectivity index (χ3n) is 4.87. The van der Waals surface area contributed by atoms with E-state index in [9.17, 15) is 18.0 Å². The molecule has 3 rings (SSSR count). The number of benzene rings is 2. The van der Waals surface area contributed by atoms with Gasteiger partial charge in [0.1, 0.15) is 23.0 Å². The lowest BCUT2D eigenvalue weighted by Gasteiger charge is -2.28. The highest BCUT2D eigenvalue weighted by Crippen LogP contribution is 2.41. The van der Waals surface area contributed by atoms with Gasteiger partial charge in [-0.05, 0) is 36.3 Å². The van der Waals surface area contributed by atoms with Crippen molar-refractivity contribution in [2.45, 2.75) is 12.8 Å². The van der Waals surface area contributed by atoms with Crippen molar-refractivity contribution in [3.05, 3.63) is 53.6 Å². The number of halogens is 3. The lowest BCUT2D eigenvalue weighted by Crippen LogP contribution is -2.34. The molecule has 2 aromatic rings. The minimum Gasteiger partial charge on any atom is -0.496 e. The van der Waals surface area contributed by atoms with Crippen molar-refractivity contribution < 1.29 is 36.9 Å². The van der Waals surface area contributed by atoms with Crippen LogP contribution in [0.15, 0.2) is 42.5 Å². The van der Waals surface area contributed by atoms with Gasteiger partial charge >= 0.3 is 6.36 Å². The molecule has 0 saturated carbocycles. The van der Waals surface area contributed by atoms with Crippen LogP contribution < -0.4 is 18.9 Å². The number of nitrogens with zero attached hydrogens (tertiary/aromatic N) is 1. The largest absolute Gasteiger partial charge is 0.573 e. The van der Waals surface area contributed by atoms with Gasteiger partial charge in [-0.15, -0.1) is 13.2 Å². The minimum absolute atomic E-state index is 0.275. The number of alkyl halides is 3. The number of carbonyl (C=O) groups excluding carboxylic acids is 1. The molecule has 0 unspecified atom stereocenters. The molecule has 0 aliphatic carbocycles. The van der Waals surface area contributed by atoms with Gasteiger partial charge in [0.15, 0.2) is 0 Å². The van der Waals surface area contributed by atoms with Crippen molar-refractivity contribution in [2.24, 2.45) is 0 Å². The van der Waals surface area contributed by atoms with Crippen molar-refractivity contribution in [3.8, 4) is 23.0 Å². The van der Waals surface area contributed by atoms with Gasteiger partial charge in [0.2, 0.25) is 0 Å². The van der Waals surface area contributed by atoms with Gasteiger partial charge in [-0.25, -0.2) is 0 Å². The molecule has 1 amide bonds. The van der Waals surface area contributed by atoms with E-state index in [4.69, 9.17) is 14.2 Å². The Labute approximate surface area is 177 Å². The fourth-order valence-electron chi connectivity index (χ4n) is 3.38. The summed E-state index contributed by atoms with van der Waals surface area (Å²) in [5, 5.41) is 0. The van der Waals surface area contributed by atoms with Crippen LogP contribution >= 0.6 is 0 Å². The van der Waals surface area contributed by atoms with Crippen LogP contribution in [-0.4, -0.2) is 51.6 Å². The normalized spacial score (nSPS) is 14.0. The molecule has 1 heterocycles. The molecule has 0 aromatic heterocycles. The molecule has 2 aromatic carbocycles. The highest BCUT2D eigenvalue weighted by atomic mass is 19.4. The van der Waals surface area contributed by atoms with E-state index in [0.717, 1.165) is 23.3 Å². The maximum atomic E-state index is 12.7. The molecule has 0 saturated heterocycles. The molecule has 6 nitrogen and oxygen atoms in total. The molecule has 0 atom stereocenters. The van der Waals surface area contributed by atoms with Crippen molar-refractivity contribution in [2.75, 3.05) is 34.4 Å². The average molecular weight is 437 g/mol. The van der Waals surface area contributed by atoms with Crippen molar-refractivity contribution in [3.63, 3.8) is 0 Å². The standard InChI is InChI=1S/C22H22F3NO5/c1-28-17-12-18(29-2)20(19(13-17)30-3)14-8-10-26(11-9-14)21(27)15-4-6-16(7-5-15)31-22(23,24)25/h4-8,12-13H,9-11H2,1-3H3. The van der Waals surface area contributed by atoms with Gasteiger partial charge in [0.25, 0.3) is 5.91 Å². The van der Waals surface area contributed by atoms with Crippen LogP contribution in [0.5, 0.6) is 23.0 Å². The Morgan fingerprint density at radius 1 is 0.935 bits per heavy atom. The summed E-state index contributed by atoms with van der Waals surface area (Å²) < 4.78 is 57.0. The number of carbonyl (C=O) groups is 1. The second kappa shape index (κ2) is 9.20. The molecule has 0 fully saturated rings. The maximum absolute atomic E-state index is 12.7. The van der Waals surface area contributed by atoms with Gasteiger partial charge in [0.05, 0.1) is 26.9 Å². The lowest BCUT2D eigenvalue weighted by atomic mass is 9.96. The first kappa shape index (κ1) is 22.3. The molecule has 1 aliphatic heterocycles. The Morgan fingerprint density at radius 2 is 1.55 bits per heavy atom. The zero-order chi connectivity index (χ0) is 22.6. The molecule has 0 radical (unpaired) electrons. The predicted molar refractivity (Wildman–Crippen MR) is 108 cm³/mol. The molecule has 166 valence electrons. The van der Waals surface area contributed by atoms with Crippen LogP contribution in [0.3, 0.4) is 0 Å². The van der Waals surface area contributed by atoms with Crippen molar-refractivity contribution in [1.82, 2.24) is 4.90 Å². The summed E-state index contributed by atoms with van der Waals surface area (Å²) in [7, 11) is 4.67. The second-order valence-electron chi connectivity index (χ2n) is 6.71. The Hall–Kier alpha value is -3.36. The van der Waals surface area contributed by atoms with Crippen molar-refractivity contribution in [1.29, 1.82) is 0 Å². The molecule has 31 heavy (non-hydrogen) atoms. The zero-order valence-electron chi connectivity index (χ0n) is 17.3. The number of hydrogen-bond acceptors (Lipinski definition) is 5. The molecular weight excluding hydrogens is 415 g/mol. The Bertz CT molecular complexity index is 945. The van der Waals surface area contributed by atoms with Crippen LogP contribution in [0.1, 0.15) is 22.3 Å². The van der Waals surface area contributed by atoms with Crippen LogP contribution in [0.2, 0.25) is 0 Å². The predicted octanol–water partition coefficient (Wildman–Crippen LogP) is 4.54. The fourth-order valence-corrected chi connectivity index (χ4v) is 3.38. The van der Waals surface area contributed by atoms with Gasteiger partial charge < -0.3 is 23.8 Å². The second-order valence-corrected chi connectivity index (χ2v) is 6.71. The highest BCUT2D eigenvalue weighted by Gasteiger charge is 2.31. The molecule has 0 spiro atoms. The molecule has 1 aliphatic rings. The number of ether oxygens (including phenoxy) is 4. The molecule has 9 heteroatoms. The number of methoxy groups -OCH3 is 3. The molecule has 0 bridgehead atoms. The summed E-state index contributed by atoms with van der Waals surface area (Å²) >= 11 is 0. The molecular formula is C22H22F3NO5. The zero-order valence-corrected chi connectivity index (χ0v) is 17.3. The van der Waals surface area contributed by atoms with E-state index >= 15 is 0 Å². The van der Waals surface area contributed by atoms with Gasteiger partial charge in [0, 0.05) is 30.8 Å².